The molecule has 0 bridgehead atoms. The van der Waals surface area contributed by atoms with Crippen LogP contribution in [0.4, 0.5) is 0 Å². The predicted molar refractivity (Wildman–Crippen MR) is 73.8 cm³/mol. The number of hydrogen-bond acceptors (Lipinski definition) is 4. The Morgan fingerprint density at radius 1 is 1.00 bits per heavy atom. The number of methoxy groups -OCH3 is 2. The molecule has 20 heavy (non-hydrogen) atoms. The maximum absolute atomic E-state index is 12.6. The largest absolute Gasteiger partial charge is 0.493 e. The van der Waals surface area contributed by atoms with Crippen LogP contribution in [0.5, 0.6) is 17.2 Å². The van der Waals surface area contributed by atoms with Gasteiger partial charge in [-0.15, -0.1) is 0 Å². The molecular formula is C16H14O4. The number of carbonyl (C=O) groups excluding carboxylic acids is 1. The van der Waals surface area contributed by atoms with E-state index in [2.05, 4.69) is 0 Å². The number of fused-ring (bicyclic) bond motifs is 2. The van der Waals surface area contributed by atoms with Crippen LogP contribution in [0.15, 0.2) is 36.4 Å². The molecule has 0 fully saturated rings. The van der Waals surface area contributed by atoms with Gasteiger partial charge in [-0.05, 0) is 6.07 Å². The molecule has 2 aromatic carbocycles. The summed E-state index contributed by atoms with van der Waals surface area (Å²) in [4.78, 5) is 12.6. The van der Waals surface area contributed by atoms with E-state index in [-0.39, 0.29) is 5.78 Å². The molecule has 0 saturated heterocycles. The Labute approximate surface area is 116 Å². The van der Waals surface area contributed by atoms with Crippen LogP contribution in [0.1, 0.15) is 21.5 Å². The van der Waals surface area contributed by atoms with E-state index in [9.17, 15) is 4.79 Å². The first-order valence-corrected chi connectivity index (χ1v) is 6.26. The lowest BCUT2D eigenvalue weighted by Crippen LogP contribution is -2.03. The van der Waals surface area contributed by atoms with Crippen LogP contribution in [0.2, 0.25) is 0 Å². The van der Waals surface area contributed by atoms with Crippen LogP contribution < -0.4 is 14.2 Å². The van der Waals surface area contributed by atoms with E-state index in [4.69, 9.17) is 14.2 Å². The standard InChI is InChI=1S/C16H14O4/c1-18-14-7-12-13(8-15(14)19-2)20-9-10-5-3-4-6-11(10)16(12)17/h3-8H,9H2,1-2H3. The van der Waals surface area contributed by atoms with Gasteiger partial charge in [0.25, 0.3) is 0 Å². The number of ketones is 1. The summed E-state index contributed by atoms with van der Waals surface area (Å²) in [6.07, 6.45) is 0. The molecule has 0 saturated carbocycles. The van der Waals surface area contributed by atoms with E-state index in [0.717, 1.165) is 5.56 Å². The molecule has 0 aromatic heterocycles. The van der Waals surface area contributed by atoms with Crippen LogP contribution in [-0.4, -0.2) is 20.0 Å². The summed E-state index contributed by atoms with van der Waals surface area (Å²) in [5.74, 6) is 1.52. The second-order valence-corrected chi connectivity index (χ2v) is 4.48. The van der Waals surface area contributed by atoms with Crippen molar-refractivity contribution >= 4 is 5.78 Å². The van der Waals surface area contributed by atoms with Crippen LogP contribution >= 0.6 is 0 Å². The monoisotopic (exact) mass is 270 g/mol. The Bertz CT molecular complexity index is 676. The molecule has 2 aromatic rings. The molecule has 0 atom stereocenters. The van der Waals surface area contributed by atoms with Crippen molar-refractivity contribution in [2.45, 2.75) is 6.61 Å². The second kappa shape index (κ2) is 4.89. The molecule has 0 unspecified atom stereocenters. The minimum absolute atomic E-state index is 0.0611. The normalized spacial score (nSPS) is 12.8. The molecule has 0 amide bonds. The average molecular weight is 270 g/mol. The van der Waals surface area contributed by atoms with Crippen molar-refractivity contribution in [1.29, 1.82) is 0 Å². The first kappa shape index (κ1) is 12.5. The third kappa shape index (κ3) is 1.90. The van der Waals surface area contributed by atoms with Gasteiger partial charge in [-0.1, -0.05) is 24.3 Å². The third-order valence-electron chi connectivity index (χ3n) is 3.38. The Morgan fingerprint density at radius 2 is 1.70 bits per heavy atom. The van der Waals surface area contributed by atoms with E-state index in [1.54, 1.807) is 26.4 Å². The fourth-order valence-corrected chi connectivity index (χ4v) is 2.33. The molecule has 1 heterocycles. The van der Waals surface area contributed by atoms with E-state index in [1.165, 1.54) is 0 Å². The van der Waals surface area contributed by atoms with Crippen LogP contribution in [0, 0.1) is 0 Å². The summed E-state index contributed by atoms with van der Waals surface area (Å²) < 4.78 is 16.2. The minimum Gasteiger partial charge on any atom is -0.493 e. The molecule has 102 valence electrons. The lowest BCUT2D eigenvalue weighted by molar-refractivity contribution is 0.103. The third-order valence-corrected chi connectivity index (χ3v) is 3.38. The smallest absolute Gasteiger partial charge is 0.197 e. The van der Waals surface area contributed by atoms with Crippen molar-refractivity contribution < 1.29 is 19.0 Å². The summed E-state index contributed by atoms with van der Waals surface area (Å²) in [6, 6.07) is 10.8. The summed E-state index contributed by atoms with van der Waals surface area (Å²) in [5, 5.41) is 0. The van der Waals surface area contributed by atoms with Gasteiger partial charge < -0.3 is 14.2 Å². The Balaban J connectivity index is 2.18. The first-order chi connectivity index (χ1) is 9.74. The van der Waals surface area contributed by atoms with Crippen LogP contribution in [-0.2, 0) is 6.61 Å². The van der Waals surface area contributed by atoms with Crippen molar-refractivity contribution in [2.75, 3.05) is 14.2 Å². The van der Waals surface area contributed by atoms with Gasteiger partial charge in [0.05, 0.1) is 19.8 Å². The number of benzene rings is 2. The van der Waals surface area contributed by atoms with Gasteiger partial charge in [0.15, 0.2) is 17.3 Å². The zero-order valence-electron chi connectivity index (χ0n) is 11.3. The second-order valence-electron chi connectivity index (χ2n) is 4.48. The van der Waals surface area contributed by atoms with Crippen molar-refractivity contribution in [3.05, 3.63) is 53.1 Å². The molecule has 3 rings (SSSR count). The van der Waals surface area contributed by atoms with Gasteiger partial charge in [-0.25, -0.2) is 0 Å². The summed E-state index contributed by atoms with van der Waals surface area (Å²) in [6.45, 7) is 0.365. The van der Waals surface area contributed by atoms with E-state index < -0.39 is 0 Å². The quantitative estimate of drug-likeness (QED) is 0.841. The number of hydrogen-bond donors (Lipinski definition) is 0. The van der Waals surface area contributed by atoms with Gasteiger partial charge in [-0.2, -0.15) is 0 Å². The summed E-state index contributed by atoms with van der Waals surface area (Å²) in [7, 11) is 3.09. The molecule has 0 spiro atoms. The maximum Gasteiger partial charge on any atom is 0.197 e. The van der Waals surface area contributed by atoms with Crippen LogP contribution in [0.25, 0.3) is 0 Å². The molecule has 1 aliphatic heterocycles. The van der Waals surface area contributed by atoms with Gasteiger partial charge in [0, 0.05) is 17.2 Å². The zero-order valence-corrected chi connectivity index (χ0v) is 11.3. The van der Waals surface area contributed by atoms with E-state index >= 15 is 0 Å². The fraction of sp³-hybridized carbons (Fsp3) is 0.188. The molecule has 0 aliphatic carbocycles. The number of carbonyl (C=O) groups is 1. The highest BCUT2D eigenvalue weighted by Gasteiger charge is 2.24. The summed E-state index contributed by atoms with van der Waals surface area (Å²) >= 11 is 0. The van der Waals surface area contributed by atoms with Crippen LogP contribution in [0.3, 0.4) is 0 Å². The SMILES string of the molecule is COc1cc2c(cc1OC)C(=O)c1ccccc1CO2. The van der Waals surface area contributed by atoms with Gasteiger partial charge in [0.1, 0.15) is 12.4 Å². The number of rotatable bonds is 2. The van der Waals surface area contributed by atoms with E-state index in [0.29, 0.717) is 35.0 Å². The Kier molecular flexibility index (Phi) is 3.06. The molecular weight excluding hydrogens is 256 g/mol. The zero-order chi connectivity index (χ0) is 14.1. The maximum atomic E-state index is 12.6. The molecule has 1 aliphatic rings. The summed E-state index contributed by atoms with van der Waals surface area (Å²) in [5.41, 5.74) is 2.04. The molecule has 0 N–H and O–H groups in total. The van der Waals surface area contributed by atoms with Crippen molar-refractivity contribution in [3.63, 3.8) is 0 Å². The lowest BCUT2D eigenvalue weighted by Gasteiger charge is -2.12. The highest BCUT2D eigenvalue weighted by atomic mass is 16.5. The lowest BCUT2D eigenvalue weighted by atomic mass is 9.99. The topological polar surface area (TPSA) is 44.8 Å². The van der Waals surface area contributed by atoms with Gasteiger partial charge in [-0.3, -0.25) is 4.79 Å². The highest BCUT2D eigenvalue weighted by molar-refractivity contribution is 6.12. The molecule has 4 heteroatoms. The fourth-order valence-electron chi connectivity index (χ4n) is 2.33. The predicted octanol–water partition coefficient (Wildman–Crippen LogP) is 2.83. The highest BCUT2D eigenvalue weighted by Crippen LogP contribution is 2.37. The van der Waals surface area contributed by atoms with E-state index in [1.807, 2.05) is 24.3 Å². The number of ether oxygens (including phenoxy) is 3. The van der Waals surface area contributed by atoms with Gasteiger partial charge in [0.2, 0.25) is 0 Å². The molecule has 0 radical (unpaired) electrons. The van der Waals surface area contributed by atoms with Crippen molar-refractivity contribution in [2.24, 2.45) is 0 Å². The Morgan fingerprint density at radius 3 is 2.45 bits per heavy atom. The van der Waals surface area contributed by atoms with Gasteiger partial charge >= 0.3 is 0 Å². The Hall–Kier alpha value is -2.49. The minimum atomic E-state index is -0.0611. The van der Waals surface area contributed by atoms with Crippen molar-refractivity contribution in [3.8, 4) is 17.2 Å². The average Bonchev–Trinajstić information content (AvgIpc) is 2.64. The first-order valence-electron chi connectivity index (χ1n) is 6.26. The molecule has 4 nitrogen and oxygen atoms in total. The van der Waals surface area contributed by atoms with Crippen molar-refractivity contribution in [1.82, 2.24) is 0 Å².